The van der Waals surface area contributed by atoms with E-state index in [9.17, 15) is 22.8 Å². The zero-order valence-corrected chi connectivity index (χ0v) is 15.4. The first kappa shape index (κ1) is 20.4. The molecule has 2 aromatic rings. The third kappa shape index (κ3) is 5.60. The third-order valence-corrected chi connectivity index (χ3v) is 4.39. The lowest BCUT2D eigenvalue weighted by Crippen LogP contribution is -2.36. The molecule has 29 heavy (non-hydrogen) atoms. The van der Waals surface area contributed by atoms with Crippen LogP contribution in [0.5, 0.6) is 11.5 Å². The van der Waals surface area contributed by atoms with Crippen molar-refractivity contribution in [1.82, 2.24) is 4.90 Å². The number of likely N-dealkylation sites (tertiary alicyclic amines) is 1. The van der Waals surface area contributed by atoms with E-state index < -0.39 is 18.0 Å². The average Bonchev–Trinajstić information content (AvgIpc) is 3.16. The Hall–Kier alpha value is -3.29. The summed E-state index contributed by atoms with van der Waals surface area (Å²) < 4.78 is 42.7. The molecule has 0 spiro atoms. The number of allylic oxidation sites excluding steroid dienone is 1. The Bertz CT molecular complexity index is 880. The lowest BCUT2D eigenvalue weighted by atomic mass is 10.2. The molecule has 0 bridgehead atoms. The number of alkyl halides is 3. The molecule has 0 saturated carbocycles. The SMILES string of the molecule is O=C(Nc1ccc(Oc2ccccc2)cc1)C1CCCN1C=CC(=O)C(F)(F)F. The summed E-state index contributed by atoms with van der Waals surface area (Å²) in [4.78, 5) is 25.0. The highest BCUT2D eigenvalue weighted by molar-refractivity contribution is 5.96. The van der Waals surface area contributed by atoms with Crippen LogP contribution in [0, 0.1) is 0 Å². The van der Waals surface area contributed by atoms with Crippen LogP contribution in [-0.4, -0.2) is 35.4 Å². The third-order valence-electron chi connectivity index (χ3n) is 4.39. The minimum Gasteiger partial charge on any atom is -0.457 e. The molecule has 5 nitrogen and oxygen atoms in total. The normalized spacial score (nSPS) is 16.8. The summed E-state index contributed by atoms with van der Waals surface area (Å²) in [5.41, 5.74) is 0.539. The number of hydrogen-bond donors (Lipinski definition) is 1. The van der Waals surface area contributed by atoms with E-state index in [0.717, 1.165) is 6.20 Å². The molecule has 2 aromatic carbocycles. The van der Waals surface area contributed by atoms with Gasteiger partial charge in [-0.3, -0.25) is 9.59 Å². The van der Waals surface area contributed by atoms with Gasteiger partial charge in [0.25, 0.3) is 5.78 Å². The average molecular weight is 404 g/mol. The number of amides is 1. The zero-order chi connectivity index (χ0) is 20.9. The molecule has 1 heterocycles. The van der Waals surface area contributed by atoms with Crippen molar-refractivity contribution in [2.24, 2.45) is 0 Å². The first-order valence-corrected chi connectivity index (χ1v) is 9.02. The maximum atomic E-state index is 12.5. The van der Waals surface area contributed by atoms with Gasteiger partial charge in [0.05, 0.1) is 0 Å². The van der Waals surface area contributed by atoms with Crippen LogP contribution in [0.2, 0.25) is 0 Å². The van der Waals surface area contributed by atoms with Crippen molar-refractivity contribution in [2.75, 3.05) is 11.9 Å². The van der Waals surface area contributed by atoms with Gasteiger partial charge in [0.1, 0.15) is 17.5 Å². The number of carbonyl (C=O) groups excluding carboxylic acids is 2. The second-order valence-corrected chi connectivity index (χ2v) is 6.50. The van der Waals surface area contributed by atoms with Crippen LogP contribution in [0.4, 0.5) is 18.9 Å². The standard InChI is InChI=1S/C21H19F3N2O3/c22-21(23,24)19(27)12-14-26-13-4-7-18(26)20(28)25-15-8-10-17(11-9-15)29-16-5-2-1-3-6-16/h1-3,5-6,8-12,14,18H,4,7,13H2,(H,25,28). The molecular formula is C21H19F3N2O3. The van der Waals surface area contributed by atoms with E-state index in [0.29, 0.717) is 42.6 Å². The summed E-state index contributed by atoms with van der Waals surface area (Å²) in [6.07, 6.45) is -2.28. The Kier molecular flexibility index (Phi) is 6.21. The van der Waals surface area contributed by atoms with Crippen molar-refractivity contribution in [3.05, 3.63) is 66.9 Å². The molecule has 1 amide bonds. The van der Waals surface area contributed by atoms with Crippen molar-refractivity contribution in [1.29, 1.82) is 0 Å². The van der Waals surface area contributed by atoms with Gasteiger partial charge >= 0.3 is 6.18 Å². The fourth-order valence-corrected chi connectivity index (χ4v) is 2.96. The van der Waals surface area contributed by atoms with Crippen LogP contribution < -0.4 is 10.1 Å². The van der Waals surface area contributed by atoms with E-state index in [4.69, 9.17) is 4.74 Å². The van der Waals surface area contributed by atoms with E-state index in [-0.39, 0.29) is 5.91 Å². The monoisotopic (exact) mass is 404 g/mol. The number of ether oxygens (including phenoxy) is 1. The van der Waals surface area contributed by atoms with Crippen LogP contribution in [-0.2, 0) is 9.59 Å². The van der Waals surface area contributed by atoms with Gasteiger partial charge in [-0.05, 0) is 49.2 Å². The lowest BCUT2D eigenvalue weighted by Gasteiger charge is -2.22. The number of nitrogens with one attached hydrogen (secondary N) is 1. The van der Waals surface area contributed by atoms with Gasteiger partial charge in [0.2, 0.25) is 5.91 Å². The molecule has 1 aliphatic rings. The Labute approximate surface area is 165 Å². The highest BCUT2D eigenvalue weighted by Gasteiger charge is 2.37. The number of halogens is 3. The summed E-state index contributed by atoms with van der Waals surface area (Å²) >= 11 is 0. The Morgan fingerprint density at radius 2 is 1.69 bits per heavy atom. The summed E-state index contributed by atoms with van der Waals surface area (Å²) in [7, 11) is 0. The van der Waals surface area contributed by atoms with Crippen molar-refractivity contribution in [3.63, 3.8) is 0 Å². The molecular weight excluding hydrogens is 385 g/mol. The van der Waals surface area contributed by atoms with Crippen molar-refractivity contribution < 1.29 is 27.5 Å². The smallest absolute Gasteiger partial charge is 0.454 e. The maximum Gasteiger partial charge on any atom is 0.454 e. The van der Waals surface area contributed by atoms with Gasteiger partial charge in [0.15, 0.2) is 0 Å². The van der Waals surface area contributed by atoms with Crippen molar-refractivity contribution in [2.45, 2.75) is 25.1 Å². The number of rotatable bonds is 6. The minimum absolute atomic E-state index is 0.344. The summed E-state index contributed by atoms with van der Waals surface area (Å²) in [5.74, 6) is -1.00. The van der Waals surface area contributed by atoms with E-state index in [1.165, 1.54) is 4.90 Å². The molecule has 1 saturated heterocycles. The predicted octanol–water partition coefficient (Wildman–Crippen LogP) is 4.53. The van der Waals surface area contributed by atoms with Crippen LogP contribution in [0.25, 0.3) is 0 Å². The number of para-hydroxylation sites is 1. The number of nitrogens with zero attached hydrogens (tertiary/aromatic N) is 1. The van der Waals surface area contributed by atoms with E-state index in [1.807, 2.05) is 30.3 Å². The van der Waals surface area contributed by atoms with Gasteiger partial charge < -0.3 is 15.0 Å². The summed E-state index contributed by atoms with van der Waals surface area (Å²) in [5, 5.41) is 2.75. The summed E-state index contributed by atoms with van der Waals surface area (Å²) in [6, 6.07) is 15.4. The number of carbonyl (C=O) groups is 2. The fourth-order valence-electron chi connectivity index (χ4n) is 2.96. The van der Waals surface area contributed by atoms with Crippen molar-refractivity contribution in [3.8, 4) is 11.5 Å². The molecule has 1 aliphatic heterocycles. The molecule has 0 radical (unpaired) electrons. The van der Waals surface area contributed by atoms with Crippen LogP contribution in [0.1, 0.15) is 12.8 Å². The molecule has 1 fully saturated rings. The summed E-state index contributed by atoms with van der Waals surface area (Å²) in [6.45, 7) is 0.406. The topological polar surface area (TPSA) is 58.6 Å². The van der Waals surface area contributed by atoms with Gasteiger partial charge in [0, 0.05) is 24.5 Å². The fraction of sp³-hybridized carbons (Fsp3) is 0.238. The molecule has 3 rings (SSSR count). The second-order valence-electron chi connectivity index (χ2n) is 6.50. The van der Waals surface area contributed by atoms with Gasteiger partial charge in [-0.15, -0.1) is 0 Å². The Morgan fingerprint density at radius 3 is 2.34 bits per heavy atom. The van der Waals surface area contributed by atoms with Gasteiger partial charge in [-0.2, -0.15) is 13.2 Å². The van der Waals surface area contributed by atoms with Crippen molar-refractivity contribution >= 4 is 17.4 Å². The zero-order valence-electron chi connectivity index (χ0n) is 15.4. The molecule has 1 unspecified atom stereocenters. The van der Waals surface area contributed by atoms with Gasteiger partial charge in [-0.1, -0.05) is 18.2 Å². The van der Waals surface area contributed by atoms with Crippen LogP contribution >= 0.6 is 0 Å². The molecule has 8 heteroatoms. The minimum atomic E-state index is -4.92. The van der Waals surface area contributed by atoms with Crippen LogP contribution in [0.3, 0.4) is 0 Å². The Morgan fingerprint density at radius 1 is 1.03 bits per heavy atom. The molecule has 1 N–H and O–H groups in total. The quantitative estimate of drug-likeness (QED) is 0.719. The molecule has 0 aromatic heterocycles. The van der Waals surface area contributed by atoms with E-state index in [2.05, 4.69) is 5.32 Å². The first-order valence-electron chi connectivity index (χ1n) is 9.02. The molecule has 152 valence electrons. The predicted molar refractivity (Wildman–Crippen MR) is 102 cm³/mol. The second kappa shape index (κ2) is 8.81. The lowest BCUT2D eigenvalue weighted by molar-refractivity contribution is -0.165. The maximum absolute atomic E-state index is 12.5. The van der Waals surface area contributed by atoms with E-state index in [1.54, 1.807) is 24.3 Å². The highest BCUT2D eigenvalue weighted by Crippen LogP contribution is 2.24. The van der Waals surface area contributed by atoms with Gasteiger partial charge in [-0.25, -0.2) is 0 Å². The molecule has 1 atom stereocenters. The number of ketones is 1. The number of hydrogen-bond acceptors (Lipinski definition) is 4. The van der Waals surface area contributed by atoms with Crippen LogP contribution in [0.15, 0.2) is 66.9 Å². The number of anilines is 1. The first-order chi connectivity index (χ1) is 13.8. The van der Waals surface area contributed by atoms with E-state index >= 15 is 0 Å². The largest absolute Gasteiger partial charge is 0.457 e. The highest BCUT2D eigenvalue weighted by atomic mass is 19.4. The Balaban J connectivity index is 1.59. The number of benzene rings is 2. The molecule has 0 aliphatic carbocycles.